The third-order valence-electron chi connectivity index (χ3n) is 5.28. The van der Waals surface area contributed by atoms with Crippen LogP contribution in [-0.2, 0) is 11.3 Å². The molecular weight excluding hydrogens is 396 g/mol. The fourth-order valence-corrected chi connectivity index (χ4v) is 3.94. The Labute approximate surface area is 180 Å². The van der Waals surface area contributed by atoms with Gasteiger partial charge >= 0.3 is 0 Å². The number of carbonyl (C=O) groups excluding carboxylic acids is 2. The van der Waals surface area contributed by atoms with E-state index < -0.39 is 0 Å². The van der Waals surface area contributed by atoms with Gasteiger partial charge in [0, 0.05) is 24.6 Å². The molecule has 0 saturated heterocycles. The van der Waals surface area contributed by atoms with Crippen molar-refractivity contribution in [3.05, 3.63) is 87.9 Å². The Kier molecular flexibility index (Phi) is 5.42. The zero-order chi connectivity index (χ0) is 21.3. The molecule has 0 atom stereocenters. The molecule has 1 heterocycles. The van der Waals surface area contributed by atoms with Crippen LogP contribution in [0.1, 0.15) is 34.0 Å². The number of rotatable bonds is 2. The smallest absolute Gasteiger partial charge is 0.251 e. The maximum atomic E-state index is 12.5. The first kappa shape index (κ1) is 19.9. The maximum absolute atomic E-state index is 12.5. The summed E-state index contributed by atoms with van der Waals surface area (Å²) in [5, 5.41) is 3.32. The molecule has 4 rings (SSSR count). The molecule has 3 aromatic rings. The summed E-state index contributed by atoms with van der Waals surface area (Å²) in [6.45, 7) is 1.99. The van der Waals surface area contributed by atoms with Crippen LogP contribution in [0.2, 0.25) is 5.02 Å². The van der Waals surface area contributed by atoms with E-state index in [1.165, 1.54) is 0 Å². The molecule has 1 aliphatic heterocycles. The molecule has 0 fully saturated rings. The van der Waals surface area contributed by atoms with Gasteiger partial charge in [-0.25, -0.2) is 0 Å². The van der Waals surface area contributed by atoms with Crippen molar-refractivity contribution < 1.29 is 9.59 Å². The highest BCUT2D eigenvalue weighted by Crippen LogP contribution is 2.33. The van der Waals surface area contributed by atoms with Crippen LogP contribution in [0.3, 0.4) is 0 Å². The lowest BCUT2D eigenvalue weighted by Gasteiger charge is -2.26. The second-order valence-electron chi connectivity index (χ2n) is 7.18. The highest BCUT2D eigenvalue weighted by molar-refractivity contribution is 6.30. The molecular formula is C25H21ClN2O2. The largest absolute Gasteiger partial charge is 0.355 e. The summed E-state index contributed by atoms with van der Waals surface area (Å²) < 4.78 is 0. The first-order valence-corrected chi connectivity index (χ1v) is 10.1. The van der Waals surface area contributed by atoms with Crippen LogP contribution >= 0.6 is 11.6 Å². The predicted molar refractivity (Wildman–Crippen MR) is 123 cm³/mol. The summed E-state index contributed by atoms with van der Waals surface area (Å²) in [5.41, 5.74) is 6.15. The third-order valence-corrected chi connectivity index (χ3v) is 5.52. The van der Waals surface area contributed by atoms with Crippen LogP contribution in [0.4, 0.5) is 5.69 Å². The van der Waals surface area contributed by atoms with Crippen LogP contribution in [0.15, 0.2) is 60.7 Å². The first-order chi connectivity index (χ1) is 14.5. The lowest BCUT2D eigenvalue weighted by Crippen LogP contribution is -2.29. The van der Waals surface area contributed by atoms with Crippen molar-refractivity contribution in [2.45, 2.75) is 13.5 Å². The highest BCUT2D eigenvalue weighted by atomic mass is 35.5. The second-order valence-corrected chi connectivity index (χ2v) is 7.62. The van der Waals surface area contributed by atoms with E-state index in [2.05, 4.69) is 11.4 Å². The van der Waals surface area contributed by atoms with Gasteiger partial charge in [0.1, 0.15) is 0 Å². The SMILES string of the molecule is CNC(=O)c1ccccc1-c1ccc2c(c1)CN(C(C)=O)c1ccc(Cl)cc1/C=C\2. The van der Waals surface area contributed by atoms with Gasteiger partial charge in [-0.15, -0.1) is 0 Å². The van der Waals surface area contributed by atoms with Crippen molar-refractivity contribution in [2.75, 3.05) is 11.9 Å². The number of amides is 2. The summed E-state index contributed by atoms with van der Waals surface area (Å²) in [6.07, 6.45) is 4.02. The number of halogens is 1. The van der Waals surface area contributed by atoms with Gasteiger partial charge in [-0.2, -0.15) is 0 Å². The molecule has 0 saturated carbocycles. The topological polar surface area (TPSA) is 49.4 Å². The maximum Gasteiger partial charge on any atom is 0.251 e. The lowest BCUT2D eigenvalue weighted by molar-refractivity contribution is -0.116. The van der Waals surface area contributed by atoms with Crippen LogP contribution < -0.4 is 10.2 Å². The number of anilines is 1. The second kappa shape index (κ2) is 8.17. The fraction of sp³-hybridized carbons (Fsp3) is 0.120. The first-order valence-electron chi connectivity index (χ1n) is 9.68. The summed E-state index contributed by atoms with van der Waals surface area (Å²) in [5.74, 6) is -0.176. The van der Waals surface area contributed by atoms with Crippen molar-refractivity contribution in [2.24, 2.45) is 0 Å². The Hall–Kier alpha value is -3.37. The van der Waals surface area contributed by atoms with E-state index in [4.69, 9.17) is 11.6 Å². The van der Waals surface area contributed by atoms with Gasteiger partial charge in [-0.05, 0) is 58.1 Å². The zero-order valence-electron chi connectivity index (χ0n) is 16.8. The predicted octanol–water partition coefficient (Wildman–Crippen LogP) is 5.40. The van der Waals surface area contributed by atoms with Gasteiger partial charge in [0.2, 0.25) is 5.91 Å². The molecule has 1 N–H and O–H groups in total. The third kappa shape index (κ3) is 3.74. The molecule has 5 heteroatoms. The number of benzene rings is 3. The van der Waals surface area contributed by atoms with E-state index in [0.29, 0.717) is 17.1 Å². The van der Waals surface area contributed by atoms with E-state index in [1.54, 1.807) is 24.9 Å². The van der Waals surface area contributed by atoms with Crippen molar-refractivity contribution in [3.63, 3.8) is 0 Å². The molecule has 4 nitrogen and oxygen atoms in total. The minimum Gasteiger partial charge on any atom is -0.355 e. The molecule has 2 amide bonds. The molecule has 0 aromatic heterocycles. The normalized spacial score (nSPS) is 13.5. The van der Waals surface area contributed by atoms with Gasteiger partial charge in [-0.3, -0.25) is 9.59 Å². The molecule has 30 heavy (non-hydrogen) atoms. The average molecular weight is 417 g/mol. The Morgan fingerprint density at radius 1 is 0.967 bits per heavy atom. The summed E-state index contributed by atoms with van der Waals surface area (Å²) in [7, 11) is 1.62. The Balaban J connectivity index is 1.84. The van der Waals surface area contributed by atoms with Gasteiger partial charge in [0.15, 0.2) is 0 Å². The van der Waals surface area contributed by atoms with Crippen molar-refractivity contribution in [1.29, 1.82) is 0 Å². The molecule has 3 aromatic carbocycles. The van der Waals surface area contributed by atoms with Gasteiger partial charge < -0.3 is 10.2 Å². The molecule has 0 unspecified atom stereocenters. The molecule has 1 aliphatic rings. The number of hydrogen-bond donors (Lipinski definition) is 1. The molecule has 0 aliphatic carbocycles. The monoisotopic (exact) mass is 416 g/mol. The number of nitrogens with zero attached hydrogens (tertiary/aromatic N) is 1. The molecule has 0 spiro atoms. The van der Waals surface area contributed by atoms with E-state index >= 15 is 0 Å². The van der Waals surface area contributed by atoms with Gasteiger partial charge in [-0.1, -0.05) is 54.1 Å². The Morgan fingerprint density at radius 3 is 2.50 bits per heavy atom. The zero-order valence-corrected chi connectivity index (χ0v) is 17.5. The van der Waals surface area contributed by atoms with E-state index in [1.807, 2.05) is 60.7 Å². The van der Waals surface area contributed by atoms with Crippen molar-refractivity contribution >= 4 is 41.3 Å². The Morgan fingerprint density at radius 2 is 1.73 bits per heavy atom. The van der Waals surface area contributed by atoms with Crippen molar-refractivity contribution in [3.8, 4) is 11.1 Å². The van der Waals surface area contributed by atoms with Crippen molar-refractivity contribution in [1.82, 2.24) is 5.32 Å². The number of hydrogen-bond acceptors (Lipinski definition) is 2. The van der Waals surface area contributed by atoms with Crippen LogP contribution in [-0.4, -0.2) is 18.9 Å². The summed E-state index contributed by atoms with van der Waals surface area (Å²) >= 11 is 6.17. The lowest BCUT2D eigenvalue weighted by atomic mass is 9.93. The fourth-order valence-electron chi connectivity index (χ4n) is 3.76. The van der Waals surface area contributed by atoms with E-state index in [0.717, 1.165) is 33.5 Å². The Bertz CT molecular complexity index is 1180. The molecule has 150 valence electrons. The summed E-state index contributed by atoms with van der Waals surface area (Å²) in [6, 6.07) is 19.1. The minimum atomic E-state index is -0.131. The minimum absolute atomic E-state index is 0.0454. The number of carbonyl (C=O) groups is 2. The van der Waals surface area contributed by atoms with Gasteiger partial charge in [0.25, 0.3) is 5.91 Å². The van der Waals surface area contributed by atoms with E-state index in [9.17, 15) is 9.59 Å². The number of fused-ring (bicyclic) bond motifs is 2. The van der Waals surface area contributed by atoms with Gasteiger partial charge in [0.05, 0.1) is 12.2 Å². The van der Waals surface area contributed by atoms with Crippen LogP contribution in [0, 0.1) is 0 Å². The van der Waals surface area contributed by atoms with E-state index in [-0.39, 0.29) is 11.8 Å². The van der Waals surface area contributed by atoms with Crippen LogP contribution in [0.5, 0.6) is 0 Å². The number of nitrogens with one attached hydrogen (secondary N) is 1. The average Bonchev–Trinajstić information content (AvgIpc) is 2.74. The standard InChI is InChI=1S/C25H21ClN2O2/c1-16(29)28-15-20-13-18(22-5-3-4-6-23(22)25(30)27-2)9-7-17(20)8-10-19-14-21(26)11-12-24(19)28/h3-14H,15H2,1-2H3,(H,27,30)/b10-8-. The summed E-state index contributed by atoms with van der Waals surface area (Å²) in [4.78, 5) is 26.5. The molecule has 0 radical (unpaired) electrons. The quantitative estimate of drug-likeness (QED) is 0.607. The highest BCUT2D eigenvalue weighted by Gasteiger charge is 2.20. The molecule has 0 bridgehead atoms. The van der Waals surface area contributed by atoms with Crippen LogP contribution in [0.25, 0.3) is 23.3 Å².